The summed E-state index contributed by atoms with van der Waals surface area (Å²) in [5, 5.41) is 2.95. The largest absolute Gasteiger partial charge is 0.323 e. The molecule has 1 unspecified atom stereocenters. The van der Waals surface area contributed by atoms with Gasteiger partial charge in [-0.2, -0.15) is 0 Å². The van der Waals surface area contributed by atoms with E-state index in [2.05, 4.69) is 4.98 Å². The van der Waals surface area contributed by atoms with Crippen molar-refractivity contribution in [3.05, 3.63) is 16.1 Å². The van der Waals surface area contributed by atoms with Crippen molar-refractivity contribution in [2.45, 2.75) is 25.8 Å². The predicted octanol–water partition coefficient (Wildman–Crippen LogP) is 1.14. The molecular formula is C9H16N2O2S2. The van der Waals surface area contributed by atoms with E-state index in [9.17, 15) is 8.42 Å². The van der Waals surface area contributed by atoms with Gasteiger partial charge in [0.05, 0.1) is 16.5 Å². The molecule has 0 spiro atoms. The first-order chi connectivity index (χ1) is 6.92. The summed E-state index contributed by atoms with van der Waals surface area (Å²) in [5.41, 5.74) is 6.66. The quantitative estimate of drug-likeness (QED) is 0.848. The number of nitrogens with zero attached hydrogens (tertiary/aromatic N) is 1. The summed E-state index contributed by atoms with van der Waals surface area (Å²) >= 11 is 1.57. The Labute approximate surface area is 94.4 Å². The molecule has 0 bridgehead atoms. The maximum Gasteiger partial charge on any atom is 0.147 e. The Balaban J connectivity index is 2.57. The van der Waals surface area contributed by atoms with E-state index in [4.69, 9.17) is 5.73 Å². The van der Waals surface area contributed by atoms with Crippen molar-refractivity contribution < 1.29 is 8.42 Å². The Morgan fingerprint density at radius 3 is 2.73 bits per heavy atom. The van der Waals surface area contributed by atoms with Crippen LogP contribution in [0.5, 0.6) is 0 Å². The Kier molecular flexibility index (Phi) is 4.24. The normalized spacial score (nSPS) is 14.1. The van der Waals surface area contributed by atoms with E-state index in [0.29, 0.717) is 6.42 Å². The molecule has 0 aliphatic heterocycles. The molecule has 0 saturated carbocycles. The van der Waals surface area contributed by atoms with Gasteiger partial charge >= 0.3 is 0 Å². The molecule has 0 aliphatic rings. The summed E-state index contributed by atoms with van der Waals surface area (Å²) in [6, 6.07) is -0.267. The lowest BCUT2D eigenvalue weighted by Gasteiger charge is -2.07. The number of sulfone groups is 1. The minimum Gasteiger partial charge on any atom is -0.323 e. The molecule has 6 heteroatoms. The van der Waals surface area contributed by atoms with Gasteiger partial charge in [0.15, 0.2) is 0 Å². The van der Waals surface area contributed by atoms with Crippen LogP contribution in [0.15, 0.2) is 5.38 Å². The number of aromatic nitrogens is 1. The van der Waals surface area contributed by atoms with E-state index >= 15 is 0 Å². The van der Waals surface area contributed by atoms with Crippen LogP contribution in [0, 0.1) is 0 Å². The van der Waals surface area contributed by atoms with Crippen molar-refractivity contribution in [3.63, 3.8) is 0 Å². The zero-order valence-corrected chi connectivity index (χ0v) is 10.6. The molecule has 0 amide bonds. The zero-order valence-electron chi connectivity index (χ0n) is 8.93. The van der Waals surface area contributed by atoms with Crippen LogP contribution in [0.2, 0.25) is 0 Å². The van der Waals surface area contributed by atoms with Crippen LogP contribution in [0.3, 0.4) is 0 Å². The van der Waals surface area contributed by atoms with Crippen molar-refractivity contribution in [1.29, 1.82) is 0 Å². The average Bonchev–Trinajstić information content (AvgIpc) is 2.61. The summed E-state index contributed by atoms with van der Waals surface area (Å²) < 4.78 is 21.9. The monoisotopic (exact) mass is 248 g/mol. The second-order valence-electron chi connectivity index (χ2n) is 3.54. The number of rotatable bonds is 5. The molecule has 1 rings (SSSR count). The minimum atomic E-state index is -2.93. The molecule has 0 aliphatic carbocycles. The number of aryl methyl sites for hydroxylation is 1. The van der Waals surface area contributed by atoms with Crippen molar-refractivity contribution in [2.24, 2.45) is 5.73 Å². The van der Waals surface area contributed by atoms with Crippen LogP contribution in [0.4, 0.5) is 0 Å². The number of nitrogens with two attached hydrogens (primary N) is 1. The smallest absolute Gasteiger partial charge is 0.147 e. The molecule has 4 nitrogen and oxygen atoms in total. The first kappa shape index (κ1) is 12.6. The lowest BCUT2D eigenvalue weighted by molar-refractivity contribution is 0.590. The first-order valence-corrected chi connectivity index (χ1v) is 7.74. The SMILES string of the molecule is CCc1nc(C(N)CCS(C)(=O)=O)cs1. The maximum absolute atomic E-state index is 11.0. The summed E-state index contributed by atoms with van der Waals surface area (Å²) in [6.45, 7) is 2.03. The van der Waals surface area contributed by atoms with Crippen LogP contribution >= 0.6 is 11.3 Å². The molecule has 0 saturated heterocycles. The van der Waals surface area contributed by atoms with Gasteiger partial charge in [0.1, 0.15) is 9.84 Å². The fourth-order valence-corrected chi connectivity index (χ4v) is 2.64. The molecule has 2 N–H and O–H groups in total. The van der Waals surface area contributed by atoms with Gasteiger partial charge < -0.3 is 5.73 Å². The Bertz CT molecular complexity index is 412. The van der Waals surface area contributed by atoms with E-state index in [1.165, 1.54) is 6.26 Å². The van der Waals surface area contributed by atoms with Crippen LogP contribution < -0.4 is 5.73 Å². The molecule has 1 aromatic rings. The molecule has 0 aromatic carbocycles. The highest BCUT2D eigenvalue weighted by molar-refractivity contribution is 7.90. The van der Waals surface area contributed by atoms with Gasteiger partial charge in [0, 0.05) is 17.7 Å². The molecule has 1 atom stereocenters. The standard InChI is InChI=1S/C9H16N2O2S2/c1-3-9-11-8(6-14-9)7(10)4-5-15(2,12)13/h6-7H,3-5,10H2,1-2H3. The van der Waals surface area contributed by atoms with Gasteiger partial charge in [0.2, 0.25) is 0 Å². The molecular weight excluding hydrogens is 232 g/mol. The van der Waals surface area contributed by atoms with E-state index in [1.807, 2.05) is 12.3 Å². The third-order valence-corrected chi connectivity index (χ3v) is 4.04. The summed E-state index contributed by atoms with van der Waals surface area (Å²) in [4.78, 5) is 4.33. The third kappa shape index (κ3) is 4.27. The predicted molar refractivity (Wildman–Crippen MR) is 62.7 cm³/mol. The van der Waals surface area contributed by atoms with E-state index in [-0.39, 0.29) is 11.8 Å². The Morgan fingerprint density at radius 1 is 1.60 bits per heavy atom. The van der Waals surface area contributed by atoms with Gasteiger partial charge in [-0.15, -0.1) is 11.3 Å². The van der Waals surface area contributed by atoms with Crippen LogP contribution in [-0.4, -0.2) is 25.4 Å². The fourth-order valence-electron chi connectivity index (χ4n) is 1.15. The van der Waals surface area contributed by atoms with Crippen molar-refractivity contribution in [3.8, 4) is 0 Å². The molecule has 0 radical (unpaired) electrons. The van der Waals surface area contributed by atoms with Gasteiger partial charge in [-0.05, 0) is 12.8 Å². The highest BCUT2D eigenvalue weighted by Crippen LogP contribution is 2.18. The topological polar surface area (TPSA) is 73.0 Å². The Morgan fingerprint density at radius 2 is 2.27 bits per heavy atom. The second-order valence-corrected chi connectivity index (χ2v) is 6.75. The van der Waals surface area contributed by atoms with Gasteiger partial charge in [0.25, 0.3) is 0 Å². The second kappa shape index (κ2) is 5.05. The van der Waals surface area contributed by atoms with Crippen LogP contribution in [0.1, 0.15) is 30.1 Å². The molecule has 0 fully saturated rings. The minimum absolute atomic E-state index is 0.118. The first-order valence-electron chi connectivity index (χ1n) is 4.80. The lowest BCUT2D eigenvalue weighted by Crippen LogP contribution is -2.16. The number of thiazole rings is 1. The summed E-state index contributed by atoms with van der Waals surface area (Å²) in [5.74, 6) is 0.118. The van der Waals surface area contributed by atoms with E-state index in [1.54, 1.807) is 11.3 Å². The van der Waals surface area contributed by atoms with Crippen molar-refractivity contribution >= 4 is 21.2 Å². The number of hydrogen-bond acceptors (Lipinski definition) is 5. The highest BCUT2D eigenvalue weighted by Gasteiger charge is 2.12. The van der Waals surface area contributed by atoms with Gasteiger partial charge in [-0.1, -0.05) is 6.92 Å². The Hall–Kier alpha value is -0.460. The van der Waals surface area contributed by atoms with Gasteiger partial charge in [-0.3, -0.25) is 0 Å². The third-order valence-electron chi connectivity index (χ3n) is 2.05. The number of hydrogen-bond donors (Lipinski definition) is 1. The van der Waals surface area contributed by atoms with E-state index in [0.717, 1.165) is 17.1 Å². The van der Waals surface area contributed by atoms with Crippen LogP contribution in [-0.2, 0) is 16.3 Å². The highest BCUT2D eigenvalue weighted by atomic mass is 32.2. The van der Waals surface area contributed by atoms with E-state index < -0.39 is 9.84 Å². The fraction of sp³-hybridized carbons (Fsp3) is 0.667. The van der Waals surface area contributed by atoms with Crippen molar-refractivity contribution in [1.82, 2.24) is 4.98 Å². The zero-order chi connectivity index (χ0) is 11.5. The molecule has 15 heavy (non-hydrogen) atoms. The molecule has 86 valence electrons. The van der Waals surface area contributed by atoms with Crippen molar-refractivity contribution in [2.75, 3.05) is 12.0 Å². The average molecular weight is 248 g/mol. The molecule has 1 heterocycles. The van der Waals surface area contributed by atoms with Crippen LogP contribution in [0.25, 0.3) is 0 Å². The van der Waals surface area contributed by atoms with Gasteiger partial charge in [-0.25, -0.2) is 13.4 Å². The summed E-state index contributed by atoms with van der Waals surface area (Å²) in [6.07, 6.45) is 2.55. The summed E-state index contributed by atoms with van der Waals surface area (Å²) in [7, 11) is -2.93. The maximum atomic E-state index is 11.0. The molecule has 1 aromatic heterocycles. The lowest BCUT2D eigenvalue weighted by atomic mass is 10.2.